The van der Waals surface area contributed by atoms with Gasteiger partial charge in [0, 0.05) is 37.3 Å². The van der Waals surface area contributed by atoms with E-state index in [1.807, 2.05) is 24.3 Å². The molecule has 4 aromatic rings. The lowest BCUT2D eigenvalue weighted by Gasteiger charge is -2.41. The summed E-state index contributed by atoms with van der Waals surface area (Å²) >= 11 is 0. The first-order chi connectivity index (χ1) is 21.4. The molecule has 4 aromatic carbocycles. The van der Waals surface area contributed by atoms with Crippen LogP contribution in [-0.4, -0.2) is 73.7 Å². The van der Waals surface area contributed by atoms with Crippen LogP contribution < -0.4 is 14.4 Å². The number of aliphatic hydroxyl groups is 1. The van der Waals surface area contributed by atoms with Crippen molar-refractivity contribution in [1.29, 1.82) is 0 Å². The number of anilines is 1. The first kappa shape index (κ1) is 29.6. The van der Waals surface area contributed by atoms with Crippen LogP contribution in [0.4, 0.5) is 5.69 Å². The molecule has 1 atom stereocenters. The Labute approximate surface area is 258 Å². The summed E-state index contributed by atoms with van der Waals surface area (Å²) in [6.07, 6.45) is -0.377. The summed E-state index contributed by atoms with van der Waals surface area (Å²) in [5.41, 5.74) is 1.95. The van der Waals surface area contributed by atoms with E-state index in [0.29, 0.717) is 35.0 Å². The van der Waals surface area contributed by atoms with Crippen LogP contribution in [-0.2, 0) is 10.4 Å². The van der Waals surface area contributed by atoms with Crippen LogP contribution in [0.25, 0.3) is 0 Å². The Morgan fingerprint density at radius 3 is 2.00 bits per heavy atom. The summed E-state index contributed by atoms with van der Waals surface area (Å²) < 4.78 is 10.6. The van der Waals surface area contributed by atoms with E-state index in [1.165, 1.54) is 25.3 Å². The molecule has 2 aliphatic rings. The van der Waals surface area contributed by atoms with Gasteiger partial charge in [-0.2, -0.15) is 0 Å². The number of methoxy groups -OCH3 is 2. The van der Waals surface area contributed by atoms with E-state index in [2.05, 4.69) is 58.3 Å². The summed E-state index contributed by atoms with van der Waals surface area (Å²) in [5, 5.41) is 11.8. The number of ketones is 1. The Balaban J connectivity index is 1.18. The van der Waals surface area contributed by atoms with Gasteiger partial charge in [-0.25, -0.2) is 0 Å². The number of hydrogen-bond acceptors (Lipinski definition) is 7. The first-order valence-corrected chi connectivity index (χ1v) is 14.9. The molecule has 1 fully saturated rings. The minimum atomic E-state index is -1.96. The lowest BCUT2D eigenvalue weighted by molar-refractivity contribution is -0.136. The quantitative estimate of drug-likeness (QED) is 0.264. The molecule has 1 saturated heterocycles. The largest absolute Gasteiger partial charge is 0.493 e. The maximum Gasteiger partial charge on any atom is 0.265 e. The SMILES string of the molecule is COc1ccc(C(=O)CC2(O)C(=O)N(CN3CCN(C(c4ccccc4)c4ccccc4)CC3)c3ccccc32)cc1OC. The van der Waals surface area contributed by atoms with Crippen LogP contribution in [0.2, 0.25) is 0 Å². The monoisotopic (exact) mass is 591 g/mol. The fraction of sp³-hybridized carbons (Fsp3) is 0.278. The number of piperazine rings is 1. The molecule has 2 aliphatic heterocycles. The van der Waals surface area contributed by atoms with Gasteiger partial charge in [-0.05, 0) is 35.4 Å². The predicted octanol–water partition coefficient (Wildman–Crippen LogP) is 4.88. The topological polar surface area (TPSA) is 82.5 Å². The summed E-state index contributed by atoms with van der Waals surface area (Å²) in [6, 6.07) is 33.3. The van der Waals surface area contributed by atoms with Crippen molar-refractivity contribution in [2.75, 3.05) is 52.0 Å². The highest BCUT2D eigenvalue weighted by Crippen LogP contribution is 2.43. The Morgan fingerprint density at radius 1 is 0.795 bits per heavy atom. The summed E-state index contributed by atoms with van der Waals surface area (Å²) in [5.74, 6) is 0.0579. The van der Waals surface area contributed by atoms with Gasteiger partial charge in [-0.1, -0.05) is 78.9 Å². The molecule has 0 aliphatic carbocycles. The van der Waals surface area contributed by atoms with Gasteiger partial charge in [-0.3, -0.25) is 24.3 Å². The van der Waals surface area contributed by atoms with Crippen molar-refractivity contribution in [2.45, 2.75) is 18.1 Å². The molecular weight excluding hydrogens is 554 g/mol. The van der Waals surface area contributed by atoms with E-state index in [1.54, 1.807) is 35.2 Å². The molecule has 2 heterocycles. The molecule has 1 amide bonds. The van der Waals surface area contributed by atoms with Crippen LogP contribution in [0, 0.1) is 0 Å². The normalized spacial score (nSPS) is 18.8. The van der Waals surface area contributed by atoms with E-state index in [4.69, 9.17) is 9.47 Å². The van der Waals surface area contributed by atoms with Gasteiger partial charge in [0.25, 0.3) is 5.91 Å². The molecule has 6 rings (SSSR count). The predicted molar refractivity (Wildman–Crippen MR) is 169 cm³/mol. The van der Waals surface area contributed by atoms with Gasteiger partial charge >= 0.3 is 0 Å². The van der Waals surface area contributed by atoms with Gasteiger partial charge < -0.3 is 14.6 Å². The number of hydrogen-bond donors (Lipinski definition) is 1. The maximum atomic E-state index is 13.9. The molecule has 1 N–H and O–H groups in total. The third-order valence-corrected chi connectivity index (χ3v) is 8.71. The Kier molecular flexibility index (Phi) is 8.48. The van der Waals surface area contributed by atoms with Gasteiger partial charge in [0.05, 0.1) is 39.0 Å². The minimum absolute atomic E-state index is 0.140. The van der Waals surface area contributed by atoms with Crippen molar-refractivity contribution in [3.63, 3.8) is 0 Å². The number of amides is 1. The molecule has 0 spiro atoms. The third kappa shape index (κ3) is 5.59. The number of fused-ring (bicyclic) bond motifs is 1. The van der Waals surface area contributed by atoms with Crippen molar-refractivity contribution in [3.05, 3.63) is 125 Å². The van der Waals surface area contributed by atoms with Gasteiger partial charge in [0.1, 0.15) is 0 Å². The maximum absolute atomic E-state index is 13.9. The average Bonchev–Trinajstić information content (AvgIpc) is 3.27. The number of Topliss-reactive ketones (excluding diaryl/α,β-unsaturated/α-hetero) is 1. The van der Waals surface area contributed by atoms with Crippen molar-refractivity contribution >= 4 is 17.4 Å². The summed E-state index contributed by atoms with van der Waals surface area (Å²) in [6.45, 7) is 3.48. The molecule has 0 radical (unpaired) electrons. The molecule has 8 heteroatoms. The Bertz CT molecular complexity index is 1580. The second-order valence-electron chi connectivity index (χ2n) is 11.3. The number of rotatable bonds is 10. The smallest absolute Gasteiger partial charge is 0.265 e. The summed E-state index contributed by atoms with van der Waals surface area (Å²) in [4.78, 5) is 33.7. The van der Waals surface area contributed by atoms with E-state index < -0.39 is 11.5 Å². The minimum Gasteiger partial charge on any atom is -0.493 e. The van der Waals surface area contributed by atoms with Crippen molar-refractivity contribution in [3.8, 4) is 11.5 Å². The molecule has 44 heavy (non-hydrogen) atoms. The van der Waals surface area contributed by atoms with E-state index >= 15 is 0 Å². The van der Waals surface area contributed by atoms with Gasteiger partial charge in [0.15, 0.2) is 22.9 Å². The lowest BCUT2D eigenvalue weighted by atomic mass is 9.88. The van der Waals surface area contributed by atoms with Crippen LogP contribution >= 0.6 is 0 Å². The zero-order valence-electron chi connectivity index (χ0n) is 25.1. The van der Waals surface area contributed by atoms with Crippen LogP contribution in [0.15, 0.2) is 103 Å². The zero-order valence-corrected chi connectivity index (χ0v) is 25.1. The van der Waals surface area contributed by atoms with Crippen LogP contribution in [0.5, 0.6) is 11.5 Å². The molecule has 0 aromatic heterocycles. The molecule has 1 unspecified atom stereocenters. The van der Waals surface area contributed by atoms with E-state index in [9.17, 15) is 14.7 Å². The highest BCUT2D eigenvalue weighted by Gasteiger charge is 2.51. The average molecular weight is 592 g/mol. The lowest BCUT2D eigenvalue weighted by Crippen LogP contribution is -2.53. The van der Waals surface area contributed by atoms with Crippen molar-refractivity contribution in [1.82, 2.24) is 9.80 Å². The second kappa shape index (κ2) is 12.6. The molecule has 8 nitrogen and oxygen atoms in total. The van der Waals surface area contributed by atoms with E-state index in [-0.39, 0.29) is 18.2 Å². The first-order valence-electron chi connectivity index (χ1n) is 14.9. The molecule has 0 saturated carbocycles. The number of carbonyl (C=O) groups excluding carboxylic acids is 2. The summed E-state index contributed by atoms with van der Waals surface area (Å²) in [7, 11) is 3.02. The Hall–Kier alpha value is -4.50. The van der Waals surface area contributed by atoms with E-state index in [0.717, 1.165) is 26.2 Å². The zero-order chi connectivity index (χ0) is 30.7. The fourth-order valence-electron chi connectivity index (χ4n) is 6.41. The standard InChI is InChI=1S/C36H37N3O5/c1-43-32-18-17-28(23-33(32)44-2)31(40)24-36(42)29-15-9-10-16-30(29)39(35(36)41)25-37-19-21-38(22-20-37)34(26-11-5-3-6-12-26)27-13-7-4-8-14-27/h3-18,23,34,42H,19-22,24-25H2,1-2H3. The fourth-order valence-corrected chi connectivity index (χ4v) is 6.41. The number of carbonyl (C=O) groups is 2. The second-order valence-corrected chi connectivity index (χ2v) is 11.3. The van der Waals surface area contributed by atoms with Gasteiger partial charge in [-0.15, -0.1) is 0 Å². The van der Waals surface area contributed by atoms with Crippen molar-refractivity contribution in [2.24, 2.45) is 0 Å². The molecule has 0 bridgehead atoms. The van der Waals surface area contributed by atoms with Gasteiger partial charge in [0.2, 0.25) is 0 Å². The highest BCUT2D eigenvalue weighted by atomic mass is 16.5. The number of benzene rings is 4. The van der Waals surface area contributed by atoms with Crippen LogP contribution in [0.3, 0.4) is 0 Å². The number of nitrogens with zero attached hydrogens (tertiary/aromatic N) is 3. The number of para-hydroxylation sites is 1. The molecular formula is C36H37N3O5. The van der Waals surface area contributed by atoms with Crippen molar-refractivity contribution < 1.29 is 24.2 Å². The third-order valence-electron chi connectivity index (χ3n) is 8.71. The Morgan fingerprint density at radius 2 is 1.39 bits per heavy atom. The number of ether oxygens (including phenoxy) is 2. The van der Waals surface area contributed by atoms with Crippen LogP contribution in [0.1, 0.15) is 39.5 Å². The highest BCUT2D eigenvalue weighted by molar-refractivity contribution is 6.10. The molecule has 226 valence electrons.